The molecule has 2 N–H and O–H groups in total. The number of pyridine rings is 2. The van der Waals surface area contributed by atoms with Gasteiger partial charge in [0.05, 0.1) is 40.5 Å². The summed E-state index contributed by atoms with van der Waals surface area (Å²) in [7, 11) is -0.422. The van der Waals surface area contributed by atoms with Crippen LogP contribution in [0, 0.1) is 0 Å². The van der Waals surface area contributed by atoms with Gasteiger partial charge in [-0.25, -0.2) is 0 Å². The minimum absolute atomic E-state index is 0.00924. The molecular weight excluding hydrogens is 451 g/mol. The van der Waals surface area contributed by atoms with Crippen LogP contribution in [0.3, 0.4) is 0 Å². The lowest BCUT2D eigenvalue weighted by Gasteiger charge is -2.32. The fraction of sp³-hybridized carbons (Fsp3) is 0.308. The third-order valence-corrected chi connectivity index (χ3v) is 6.87. The number of nitrogens with zero attached hydrogens (tertiary/aromatic N) is 2. The highest BCUT2D eigenvalue weighted by molar-refractivity contribution is 6.65. The Balaban J connectivity index is 0.000000180. The summed E-state index contributed by atoms with van der Waals surface area (Å²) < 4.78 is 12.2. The Morgan fingerprint density at radius 3 is 1.82 bits per heavy atom. The molecule has 0 unspecified atom stereocenters. The quantitative estimate of drug-likeness (QED) is 0.424. The third-order valence-electron chi connectivity index (χ3n) is 6.54. The van der Waals surface area contributed by atoms with E-state index in [1.54, 1.807) is 18.5 Å². The second-order valence-corrected chi connectivity index (χ2v) is 9.63. The van der Waals surface area contributed by atoms with Crippen LogP contribution in [0.15, 0.2) is 60.9 Å². The van der Waals surface area contributed by atoms with Crippen molar-refractivity contribution >= 4 is 46.0 Å². The molecule has 0 amide bonds. The van der Waals surface area contributed by atoms with E-state index in [4.69, 9.17) is 26.0 Å². The van der Waals surface area contributed by atoms with Crippen molar-refractivity contribution in [3.05, 3.63) is 77.1 Å². The van der Waals surface area contributed by atoms with Crippen molar-refractivity contribution in [1.29, 1.82) is 0 Å². The molecule has 0 bridgehead atoms. The van der Waals surface area contributed by atoms with Crippen LogP contribution in [0.25, 0.3) is 21.8 Å². The third kappa shape index (κ3) is 4.54. The molecule has 0 spiro atoms. The van der Waals surface area contributed by atoms with Gasteiger partial charge in [-0.3, -0.25) is 9.97 Å². The van der Waals surface area contributed by atoms with Crippen molar-refractivity contribution in [3.63, 3.8) is 0 Å². The van der Waals surface area contributed by atoms with E-state index in [0.717, 1.165) is 38.4 Å². The van der Waals surface area contributed by atoms with Gasteiger partial charge in [0.1, 0.15) is 0 Å². The Morgan fingerprint density at radius 2 is 1.26 bits per heavy atom. The number of aliphatic hydroxyl groups is 2. The van der Waals surface area contributed by atoms with E-state index in [1.807, 2.05) is 70.2 Å². The van der Waals surface area contributed by atoms with Gasteiger partial charge in [-0.15, -0.1) is 0 Å². The molecule has 2 aromatic heterocycles. The number of hydrogen-bond acceptors (Lipinski definition) is 6. The molecule has 1 fully saturated rings. The van der Waals surface area contributed by atoms with Gasteiger partial charge in [-0.05, 0) is 45.3 Å². The van der Waals surface area contributed by atoms with Gasteiger partial charge < -0.3 is 19.5 Å². The van der Waals surface area contributed by atoms with E-state index >= 15 is 0 Å². The summed E-state index contributed by atoms with van der Waals surface area (Å²) in [6.07, 6.45) is 3.38. The van der Waals surface area contributed by atoms with Gasteiger partial charge in [0, 0.05) is 34.3 Å². The first-order valence-electron chi connectivity index (χ1n) is 11.1. The lowest BCUT2D eigenvalue weighted by Crippen LogP contribution is -2.41. The van der Waals surface area contributed by atoms with Crippen LogP contribution in [0.1, 0.15) is 38.8 Å². The lowest BCUT2D eigenvalue weighted by atomic mass is 9.77. The maximum Gasteiger partial charge on any atom is 0.495 e. The summed E-state index contributed by atoms with van der Waals surface area (Å²) in [4.78, 5) is 8.55. The van der Waals surface area contributed by atoms with Crippen LogP contribution in [0.5, 0.6) is 0 Å². The predicted molar refractivity (Wildman–Crippen MR) is 136 cm³/mol. The van der Waals surface area contributed by atoms with Crippen LogP contribution in [0.4, 0.5) is 0 Å². The zero-order valence-corrected chi connectivity index (χ0v) is 20.5. The molecule has 0 saturated carbocycles. The highest BCUT2D eigenvalue weighted by Crippen LogP contribution is 2.37. The van der Waals surface area contributed by atoms with Gasteiger partial charge in [0.15, 0.2) is 0 Å². The van der Waals surface area contributed by atoms with Crippen molar-refractivity contribution < 1.29 is 19.5 Å². The molecule has 6 nitrogen and oxygen atoms in total. The van der Waals surface area contributed by atoms with E-state index in [0.29, 0.717) is 5.02 Å². The first-order chi connectivity index (χ1) is 16.2. The Morgan fingerprint density at radius 1 is 0.765 bits per heavy atom. The second kappa shape index (κ2) is 9.60. The van der Waals surface area contributed by atoms with Crippen LogP contribution in [-0.2, 0) is 22.5 Å². The Labute approximate surface area is 204 Å². The fourth-order valence-electron chi connectivity index (χ4n) is 3.89. The summed E-state index contributed by atoms with van der Waals surface area (Å²) in [6.45, 7) is 8.11. The van der Waals surface area contributed by atoms with Crippen molar-refractivity contribution in [2.24, 2.45) is 0 Å². The molecule has 1 aliphatic heterocycles. The number of halogens is 1. The molecule has 34 heavy (non-hydrogen) atoms. The monoisotopic (exact) mass is 478 g/mol. The molecule has 0 radical (unpaired) electrons. The zero-order chi connectivity index (χ0) is 24.5. The Hall–Kier alpha value is -2.55. The number of aliphatic hydroxyl groups excluding tert-OH is 2. The molecule has 1 aliphatic rings. The predicted octanol–water partition coefficient (Wildman–Crippen LogP) is 4.41. The van der Waals surface area contributed by atoms with E-state index in [9.17, 15) is 5.11 Å². The number of benzene rings is 2. The Kier molecular flexibility index (Phi) is 6.94. The summed E-state index contributed by atoms with van der Waals surface area (Å²) in [5.74, 6) is 0. The van der Waals surface area contributed by atoms with Crippen molar-refractivity contribution in [3.8, 4) is 0 Å². The normalized spacial score (nSPS) is 16.5. The first-order valence-corrected chi connectivity index (χ1v) is 11.5. The highest BCUT2D eigenvalue weighted by Gasteiger charge is 2.52. The maximum absolute atomic E-state index is 9.46. The zero-order valence-electron chi connectivity index (χ0n) is 19.7. The average molecular weight is 479 g/mol. The number of aromatic nitrogens is 2. The standard InChI is InChI=1S/C16H20BNO3.C10H8ClNO/c1-15(2)16(3,4)21-17(20-15)13-8-9-18-14-11(10-19)6-5-7-12(13)14;11-9-4-5-12-10-7(6-13)2-1-3-8(9)10/h5-9,19H,10H2,1-4H3;1-5,13H,6H2. The maximum atomic E-state index is 9.46. The number of rotatable bonds is 3. The summed E-state index contributed by atoms with van der Waals surface area (Å²) in [6, 6.07) is 15.0. The van der Waals surface area contributed by atoms with Gasteiger partial charge >= 0.3 is 7.12 Å². The minimum atomic E-state index is -0.422. The molecule has 0 atom stereocenters. The van der Waals surface area contributed by atoms with Crippen molar-refractivity contribution in [2.75, 3.05) is 0 Å². The molecule has 8 heteroatoms. The Bertz CT molecular complexity index is 1310. The minimum Gasteiger partial charge on any atom is -0.399 e. The number of para-hydroxylation sites is 2. The molecule has 5 rings (SSSR count). The molecule has 2 aromatic carbocycles. The van der Waals surface area contributed by atoms with E-state index in [2.05, 4.69) is 9.97 Å². The van der Waals surface area contributed by atoms with Gasteiger partial charge in [0.2, 0.25) is 0 Å². The number of fused-ring (bicyclic) bond motifs is 2. The van der Waals surface area contributed by atoms with Gasteiger partial charge in [-0.2, -0.15) is 0 Å². The second-order valence-electron chi connectivity index (χ2n) is 9.22. The molecule has 4 aromatic rings. The summed E-state index contributed by atoms with van der Waals surface area (Å²) >= 11 is 5.96. The van der Waals surface area contributed by atoms with Crippen LogP contribution in [-0.4, -0.2) is 38.5 Å². The van der Waals surface area contributed by atoms with Crippen LogP contribution < -0.4 is 5.46 Å². The first kappa shape index (κ1) is 24.6. The number of hydrogen-bond donors (Lipinski definition) is 2. The van der Waals surface area contributed by atoms with Crippen LogP contribution in [0.2, 0.25) is 5.02 Å². The smallest absolute Gasteiger partial charge is 0.399 e. The van der Waals surface area contributed by atoms with Gasteiger partial charge in [0.25, 0.3) is 0 Å². The molecule has 0 aliphatic carbocycles. The summed E-state index contributed by atoms with van der Waals surface area (Å²) in [5.41, 5.74) is 3.40. The van der Waals surface area contributed by atoms with Gasteiger partial charge in [-0.1, -0.05) is 48.0 Å². The largest absolute Gasteiger partial charge is 0.495 e. The molecule has 176 valence electrons. The molecular formula is C26H28BClN2O4. The van der Waals surface area contributed by atoms with Crippen molar-refractivity contribution in [2.45, 2.75) is 52.1 Å². The fourth-order valence-corrected chi connectivity index (χ4v) is 4.10. The summed E-state index contributed by atoms with van der Waals surface area (Å²) in [5, 5.41) is 21.0. The average Bonchev–Trinajstić information content (AvgIpc) is 3.05. The topological polar surface area (TPSA) is 84.7 Å². The SMILES string of the molecule is CC1(C)OB(c2ccnc3c(CO)cccc23)OC1(C)C.OCc1cccc2c(Cl)ccnc12. The van der Waals surface area contributed by atoms with E-state index in [1.165, 1.54) is 0 Å². The van der Waals surface area contributed by atoms with E-state index in [-0.39, 0.29) is 24.4 Å². The van der Waals surface area contributed by atoms with Crippen LogP contribution >= 0.6 is 11.6 Å². The molecule has 3 heterocycles. The highest BCUT2D eigenvalue weighted by atomic mass is 35.5. The molecule has 1 saturated heterocycles. The van der Waals surface area contributed by atoms with E-state index < -0.39 is 7.12 Å². The van der Waals surface area contributed by atoms with Crippen molar-refractivity contribution in [1.82, 2.24) is 9.97 Å². The lowest BCUT2D eigenvalue weighted by molar-refractivity contribution is 0.00578.